The first-order valence-electron chi connectivity index (χ1n) is 8.60. The minimum Gasteiger partial charge on any atom is -0.471 e. The van der Waals surface area contributed by atoms with E-state index in [0.717, 1.165) is 0 Å². The number of likely N-dealkylation sites (tertiary alicyclic amines) is 1. The number of amides is 1. The quantitative estimate of drug-likeness (QED) is 0.673. The number of carbonyl (C=O) groups excluding carboxylic acids is 1. The molecule has 0 aliphatic carbocycles. The predicted molar refractivity (Wildman–Crippen MR) is 101 cm³/mol. The van der Waals surface area contributed by atoms with Gasteiger partial charge in [-0.3, -0.25) is 14.2 Å². The molecule has 0 unspecified atom stereocenters. The third-order valence-corrected chi connectivity index (χ3v) is 4.71. The van der Waals surface area contributed by atoms with E-state index in [1.54, 1.807) is 35.2 Å². The van der Waals surface area contributed by atoms with Crippen LogP contribution < -0.4 is 10.3 Å². The molecule has 1 saturated heterocycles. The van der Waals surface area contributed by atoms with Crippen molar-refractivity contribution in [3.63, 3.8) is 0 Å². The molecular weight excluding hydrogens is 368 g/mol. The topological polar surface area (TPSA) is 77.3 Å². The summed E-state index contributed by atoms with van der Waals surface area (Å²) in [6.07, 6.45) is 3.18. The highest BCUT2D eigenvalue weighted by molar-refractivity contribution is 6.30. The van der Waals surface area contributed by atoms with Crippen molar-refractivity contribution in [1.82, 2.24) is 19.4 Å². The standard InChI is InChI=1S/C19H17ClN4O3/c20-13-5-6-17(21-9-13)27-14-10-24(11-14)18(25)7-8-23-12-22-16-4-2-1-3-15(16)19(23)26/h1-6,9,12,14H,7-8,10-11H2. The molecule has 7 nitrogen and oxygen atoms in total. The van der Waals surface area contributed by atoms with Crippen LogP contribution >= 0.6 is 11.6 Å². The van der Waals surface area contributed by atoms with E-state index in [1.165, 1.54) is 17.1 Å². The maximum Gasteiger partial charge on any atom is 0.261 e. The van der Waals surface area contributed by atoms with Gasteiger partial charge in [0.1, 0.15) is 6.10 Å². The van der Waals surface area contributed by atoms with Gasteiger partial charge in [-0.15, -0.1) is 0 Å². The van der Waals surface area contributed by atoms with Gasteiger partial charge in [-0.25, -0.2) is 9.97 Å². The second kappa shape index (κ2) is 7.36. The molecule has 1 aliphatic rings. The molecule has 1 amide bonds. The SMILES string of the molecule is O=C(CCn1cnc2ccccc2c1=O)N1CC(Oc2ccc(Cl)cn2)C1. The molecule has 1 aromatic carbocycles. The number of pyridine rings is 1. The summed E-state index contributed by atoms with van der Waals surface area (Å²) in [4.78, 5) is 34.8. The monoisotopic (exact) mass is 384 g/mol. The van der Waals surface area contributed by atoms with Crippen LogP contribution in [-0.4, -0.2) is 44.5 Å². The number of halogens is 1. The third-order valence-electron chi connectivity index (χ3n) is 4.49. The van der Waals surface area contributed by atoms with Gasteiger partial charge >= 0.3 is 0 Å². The number of rotatable bonds is 5. The maximum atomic E-state index is 12.4. The summed E-state index contributed by atoms with van der Waals surface area (Å²) in [5, 5.41) is 1.10. The first-order valence-corrected chi connectivity index (χ1v) is 8.98. The van der Waals surface area contributed by atoms with Crippen LogP contribution in [0.4, 0.5) is 0 Å². The van der Waals surface area contributed by atoms with Crippen LogP contribution in [0.25, 0.3) is 10.9 Å². The lowest BCUT2D eigenvalue weighted by Gasteiger charge is -2.38. The number of para-hydroxylation sites is 1. The number of ether oxygens (including phenoxy) is 1. The Morgan fingerprint density at radius 1 is 1.19 bits per heavy atom. The highest BCUT2D eigenvalue weighted by atomic mass is 35.5. The van der Waals surface area contributed by atoms with Gasteiger partial charge in [-0.05, 0) is 18.2 Å². The minimum absolute atomic E-state index is 0.0148. The van der Waals surface area contributed by atoms with Crippen LogP contribution in [0.1, 0.15) is 6.42 Å². The van der Waals surface area contributed by atoms with Gasteiger partial charge in [0.25, 0.3) is 5.56 Å². The lowest BCUT2D eigenvalue weighted by atomic mass is 10.1. The van der Waals surface area contributed by atoms with Gasteiger partial charge in [-0.2, -0.15) is 0 Å². The van der Waals surface area contributed by atoms with Crippen molar-refractivity contribution in [3.05, 3.63) is 64.3 Å². The summed E-state index contributed by atoms with van der Waals surface area (Å²) in [6.45, 7) is 1.32. The largest absolute Gasteiger partial charge is 0.471 e. The van der Waals surface area contributed by atoms with Crippen LogP contribution in [0.2, 0.25) is 5.02 Å². The summed E-state index contributed by atoms with van der Waals surface area (Å²) in [6, 6.07) is 10.6. The van der Waals surface area contributed by atoms with Crippen molar-refractivity contribution >= 4 is 28.4 Å². The van der Waals surface area contributed by atoms with Crippen molar-refractivity contribution in [2.24, 2.45) is 0 Å². The smallest absolute Gasteiger partial charge is 0.261 e. The Bertz CT molecular complexity index is 1030. The maximum absolute atomic E-state index is 12.4. The fourth-order valence-electron chi connectivity index (χ4n) is 2.96. The van der Waals surface area contributed by atoms with Crippen molar-refractivity contribution in [3.8, 4) is 5.88 Å². The molecule has 1 fully saturated rings. The Balaban J connectivity index is 1.30. The van der Waals surface area contributed by atoms with Gasteiger partial charge in [0.15, 0.2) is 0 Å². The van der Waals surface area contributed by atoms with Gasteiger partial charge in [0.05, 0.1) is 35.3 Å². The minimum atomic E-state index is -0.132. The Morgan fingerprint density at radius 3 is 2.78 bits per heavy atom. The molecule has 1 aliphatic heterocycles. The van der Waals surface area contributed by atoms with Crippen molar-refractivity contribution in [1.29, 1.82) is 0 Å². The first kappa shape index (κ1) is 17.5. The lowest BCUT2D eigenvalue weighted by molar-refractivity contribution is -0.140. The second-order valence-electron chi connectivity index (χ2n) is 6.36. The number of carbonyl (C=O) groups is 1. The highest BCUT2D eigenvalue weighted by Crippen LogP contribution is 2.18. The van der Waals surface area contributed by atoms with E-state index in [2.05, 4.69) is 9.97 Å². The molecule has 0 spiro atoms. The van der Waals surface area contributed by atoms with E-state index in [0.29, 0.717) is 41.4 Å². The van der Waals surface area contributed by atoms with Gasteiger partial charge in [0, 0.05) is 25.2 Å². The fraction of sp³-hybridized carbons (Fsp3) is 0.263. The zero-order valence-electron chi connectivity index (χ0n) is 14.4. The van der Waals surface area contributed by atoms with E-state index in [1.807, 2.05) is 6.07 Å². The average Bonchev–Trinajstić information content (AvgIpc) is 2.65. The van der Waals surface area contributed by atoms with E-state index in [-0.39, 0.29) is 24.0 Å². The molecule has 138 valence electrons. The summed E-state index contributed by atoms with van der Waals surface area (Å²) in [5.74, 6) is 0.476. The first-order chi connectivity index (χ1) is 13.1. The number of hydrogen-bond donors (Lipinski definition) is 0. The van der Waals surface area contributed by atoms with E-state index in [4.69, 9.17) is 16.3 Å². The van der Waals surface area contributed by atoms with Crippen LogP contribution in [0.15, 0.2) is 53.7 Å². The van der Waals surface area contributed by atoms with Crippen LogP contribution in [-0.2, 0) is 11.3 Å². The Kier molecular flexibility index (Phi) is 4.77. The summed E-state index contributed by atoms with van der Waals surface area (Å²) in [5.41, 5.74) is 0.524. The van der Waals surface area contributed by atoms with E-state index in [9.17, 15) is 9.59 Å². The van der Waals surface area contributed by atoms with E-state index < -0.39 is 0 Å². The van der Waals surface area contributed by atoms with Gasteiger partial charge < -0.3 is 9.64 Å². The Morgan fingerprint density at radius 2 is 2.00 bits per heavy atom. The summed E-state index contributed by atoms with van der Waals surface area (Å²) in [7, 11) is 0. The molecule has 0 N–H and O–H groups in total. The molecule has 3 heterocycles. The van der Waals surface area contributed by atoms with Crippen molar-refractivity contribution in [2.45, 2.75) is 19.1 Å². The number of fused-ring (bicyclic) bond motifs is 1. The molecule has 27 heavy (non-hydrogen) atoms. The molecular formula is C19H17ClN4O3. The molecule has 8 heteroatoms. The number of hydrogen-bond acceptors (Lipinski definition) is 5. The van der Waals surface area contributed by atoms with Crippen LogP contribution in [0.5, 0.6) is 5.88 Å². The van der Waals surface area contributed by atoms with Gasteiger partial charge in [0.2, 0.25) is 11.8 Å². The zero-order valence-corrected chi connectivity index (χ0v) is 15.2. The molecule has 0 atom stereocenters. The average molecular weight is 385 g/mol. The Labute approximate surface area is 160 Å². The van der Waals surface area contributed by atoms with Gasteiger partial charge in [-0.1, -0.05) is 23.7 Å². The second-order valence-corrected chi connectivity index (χ2v) is 6.80. The predicted octanol–water partition coefficient (Wildman–Crippen LogP) is 2.12. The normalized spacial score (nSPS) is 14.2. The molecule has 4 rings (SSSR count). The van der Waals surface area contributed by atoms with Crippen LogP contribution in [0.3, 0.4) is 0 Å². The van der Waals surface area contributed by atoms with E-state index >= 15 is 0 Å². The summed E-state index contributed by atoms with van der Waals surface area (Å²) >= 11 is 5.79. The molecule has 0 bridgehead atoms. The zero-order chi connectivity index (χ0) is 18.8. The number of aryl methyl sites for hydroxylation is 1. The number of nitrogens with zero attached hydrogens (tertiary/aromatic N) is 4. The molecule has 2 aromatic heterocycles. The van der Waals surface area contributed by atoms with Crippen molar-refractivity contribution < 1.29 is 9.53 Å². The highest BCUT2D eigenvalue weighted by Gasteiger charge is 2.32. The molecule has 0 saturated carbocycles. The lowest BCUT2D eigenvalue weighted by Crippen LogP contribution is -2.56. The van der Waals surface area contributed by atoms with Crippen molar-refractivity contribution in [2.75, 3.05) is 13.1 Å². The third kappa shape index (κ3) is 3.78. The number of aromatic nitrogens is 3. The number of benzene rings is 1. The Hall–Kier alpha value is -2.93. The summed E-state index contributed by atoms with van der Waals surface area (Å²) < 4.78 is 7.16. The van der Waals surface area contributed by atoms with Crippen LogP contribution in [0, 0.1) is 0 Å². The molecule has 0 radical (unpaired) electrons. The fourth-order valence-corrected chi connectivity index (χ4v) is 3.07. The molecule has 3 aromatic rings.